The fourth-order valence-electron chi connectivity index (χ4n) is 3.28. The van der Waals surface area contributed by atoms with Crippen LogP contribution in [0, 0.1) is 0 Å². The van der Waals surface area contributed by atoms with Crippen molar-refractivity contribution in [2.45, 2.75) is 24.5 Å². The Hall–Kier alpha value is -2.54. The molecule has 0 N–H and O–H groups in total. The molecule has 0 saturated carbocycles. The van der Waals surface area contributed by atoms with Crippen LogP contribution in [0.1, 0.15) is 23.2 Å². The van der Waals surface area contributed by atoms with Gasteiger partial charge in [-0.2, -0.15) is 10.2 Å². The van der Waals surface area contributed by atoms with Crippen molar-refractivity contribution >= 4 is 5.91 Å². The van der Waals surface area contributed by atoms with E-state index in [4.69, 9.17) is 9.47 Å². The fourth-order valence-corrected chi connectivity index (χ4v) is 3.28. The Labute approximate surface area is 139 Å². The van der Waals surface area contributed by atoms with Crippen molar-refractivity contribution < 1.29 is 14.3 Å². The molecular weight excluding hydrogens is 308 g/mol. The number of nitrogens with zero attached hydrogens (tertiary/aromatic N) is 4. The molecular formula is C17H18N4O3. The molecule has 1 spiro atoms. The van der Waals surface area contributed by atoms with Gasteiger partial charge in [0.2, 0.25) is 5.88 Å². The first-order valence-electron chi connectivity index (χ1n) is 8.02. The van der Waals surface area contributed by atoms with Gasteiger partial charge in [-0.3, -0.25) is 4.79 Å². The molecule has 0 aliphatic carbocycles. The van der Waals surface area contributed by atoms with E-state index in [0.717, 1.165) is 12.8 Å². The van der Waals surface area contributed by atoms with Gasteiger partial charge in [0.25, 0.3) is 5.91 Å². The number of pyridine rings is 1. The Morgan fingerprint density at radius 3 is 2.92 bits per heavy atom. The molecule has 4 rings (SSSR count). The van der Waals surface area contributed by atoms with Crippen molar-refractivity contribution in [3.8, 4) is 5.88 Å². The van der Waals surface area contributed by atoms with E-state index in [1.807, 2.05) is 18.2 Å². The van der Waals surface area contributed by atoms with Crippen LogP contribution in [0.2, 0.25) is 0 Å². The molecule has 1 atom stereocenters. The van der Waals surface area contributed by atoms with Gasteiger partial charge in [0, 0.05) is 25.1 Å². The molecule has 2 saturated heterocycles. The summed E-state index contributed by atoms with van der Waals surface area (Å²) < 4.78 is 11.9. The molecule has 2 aliphatic heterocycles. The molecule has 1 amide bonds. The number of rotatable bonds is 3. The summed E-state index contributed by atoms with van der Waals surface area (Å²) in [6.07, 6.45) is 6.39. The van der Waals surface area contributed by atoms with E-state index in [1.54, 1.807) is 17.2 Å². The van der Waals surface area contributed by atoms with E-state index in [1.165, 1.54) is 12.4 Å². The summed E-state index contributed by atoms with van der Waals surface area (Å²) in [4.78, 5) is 18.4. The molecule has 4 heterocycles. The molecule has 124 valence electrons. The maximum Gasteiger partial charge on any atom is 0.255 e. The lowest BCUT2D eigenvalue weighted by Gasteiger charge is -2.52. The number of carbonyl (C=O) groups is 1. The number of aromatic nitrogens is 3. The maximum absolute atomic E-state index is 12.4. The number of amides is 1. The Morgan fingerprint density at radius 2 is 2.17 bits per heavy atom. The summed E-state index contributed by atoms with van der Waals surface area (Å²) in [5.41, 5.74) is 0.255. The van der Waals surface area contributed by atoms with E-state index in [9.17, 15) is 4.79 Å². The van der Waals surface area contributed by atoms with Gasteiger partial charge in [-0.15, -0.1) is 0 Å². The summed E-state index contributed by atoms with van der Waals surface area (Å²) in [5.74, 6) is 0.599. The van der Waals surface area contributed by atoms with Gasteiger partial charge in [0.15, 0.2) is 0 Å². The molecule has 0 unspecified atom stereocenters. The summed E-state index contributed by atoms with van der Waals surface area (Å²) >= 11 is 0. The first-order chi connectivity index (χ1) is 11.7. The van der Waals surface area contributed by atoms with Crippen LogP contribution in [-0.4, -0.2) is 57.4 Å². The van der Waals surface area contributed by atoms with Gasteiger partial charge >= 0.3 is 0 Å². The maximum atomic E-state index is 12.4. The number of ether oxygens (including phenoxy) is 2. The van der Waals surface area contributed by atoms with Crippen LogP contribution < -0.4 is 4.74 Å². The third kappa shape index (κ3) is 2.94. The molecule has 7 heteroatoms. The lowest BCUT2D eigenvalue weighted by Crippen LogP contribution is -2.67. The largest absolute Gasteiger partial charge is 0.474 e. The molecule has 0 radical (unpaired) electrons. The van der Waals surface area contributed by atoms with Crippen molar-refractivity contribution in [2.75, 3.05) is 19.7 Å². The first kappa shape index (κ1) is 15.0. The average molecular weight is 326 g/mol. The summed E-state index contributed by atoms with van der Waals surface area (Å²) in [6.45, 7) is 1.79. The molecule has 2 fully saturated rings. The number of likely N-dealkylation sites (tertiary alicyclic amines) is 1. The fraction of sp³-hybridized carbons (Fsp3) is 0.412. The van der Waals surface area contributed by atoms with E-state index >= 15 is 0 Å². The van der Waals surface area contributed by atoms with E-state index in [2.05, 4.69) is 15.2 Å². The van der Waals surface area contributed by atoms with E-state index in [0.29, 0.717) is 31.1 Å². The van der Waals surface area contributed by atoms with Crippen molar-refractivity contribution in [2.24, 2.45) is 0 Å². The van der Waals surface area contributed by atoms with Crippen LogP contribution in [0.3, 0.4) is 0 Å². The normalized spacial score (nSPS) is 22.0. The van der Waals surface area contributed by atoms with Gasteiger partial charge in [-0.05, 0) is 12.1 Å². The Balaban J connectivity index is 1.36. The zero-order valence-electron chi connectivity index (χ0n) is 13.2. The number of hydrogen-bond donors (Lipinski definition) is 0. The zero-order valence-corrected chi connectivity index (χ0v) is 13.2. The highest BCUT2D eigenvalue weighted by atomic mass is 16.5. The minimum atomic E-state index is -0.298. The lowest BCUT2D eigenvalue weighted by atomic mass is 9.84. The van der Waals surface area contributed by atoms with Crippen LogP contribution in [0.15, 0.2) is 42.9 Å². The van der Waals surface area contributed by atoms with E-state index in [-0.39, 0.29) is 17.6 Å². The van der Waals surface area contributed by atoms with Crippen LogP contribution in [-0.2, 0) is 4.74 Å². The lowest BCUT2D eigenvalue weighted by molar-refractivity contribution is -0.174. The second-order valence-electron chi connectivity index (χ2n) is 6.22. The quantitative estimate of drug-likeness (QED) is 0.847. The first-order valence-corrected chi connectivity index (χ1v) is 8.02. The summed E-state index contributed by atoms with van der Waals surface area (Å²) in [7, 11) is 0. The smallest absolute Gasteiger partial charge is 0.255 e. The molecule has 0 aromatic carbocycles. The average Bonchev–Trinajstić information content (AvgIpc) is 2.61. The predicted octanol–water partition coefficient (Wildman–Crippen LogP) is 1.32. The van der Waals surface area contributed by atoms with Crippen molar-refractivity contribution in [1.82, 2.24) is 20.1 Å². The van der Waals surface area contributed by atoms with Gasteiger partial charge in [0.05, 0.1) is 37.7 Å². The molecule has 7 nitrogen and oxygen atoms in total. The standard InChI is InChI=1S/C17H18N4O3/c22-16(13-4-7-19-20-10-13)21-11-17(12-21)9-14(5-8-23-17)24-15-3-1-2-6-18-15/h1-4,6-7,10,14H,5,8-9,11-12H2/t14-/m0/s1. The van der Waals surface area contributed by atoms with Gasteiger partial charge in [0.1, 0.15) is 11.7 Å². The second kappa shape index (κ2) is 6.16. The zero-order chi connectivity index (χ0) is 16.4. The van der Waals surface area contributed by atoms with Crippen LogP contribution in [0.25, 0.3) is 0 Å². The highest BCUT2D eigenvalue weighted by molar-refractivity contribution is 5.94. The summed E-state index contributed by atoms with van der Waals surface area (Å²) in [5, 5.41) is 7.45. The van der Waals surface area contributed by atoms with Crippen LogP contribution in [0.5, 0.6) is 5.88 Å². The van der Waals surface area contributed by atoms with Crippen LogP contribution >= 0.6 is 0 Å². The molecule has 0 bridgehead atoms. The van der Waals surface area contributed by atoms with Gasteiger partial charge < -0.3 is 14.4 Å². The molecule has 2 aliphatic rings. The molecule has 2 aromatic heterocycles. The molecule has 2 aromatic rings. The van der Waals surface area contributed by atoms with Crippen molar-refractivity contribution in [3.63, 3.8) is 0 Å². The predicted molar refractivity (Wildman–Crippen MR) is 84.5 cm³/mol. The Kier molecular flexibility index (Phi) is 3.86. The van der Waals surface area contributed by atoms with Crippen molar-refractivity contribution in [3.05, 3.63) is 48.4 Å². The highest BCUT2D eigenvalue weighted by Crippen LogP contribution is 2.36. The highest BCUT2D eigenvalue weighted by Gasteiger charge is 2.50. The van der Waals surface area contributed by atoms with Crippen molar-refractivity contribution in [1.29, 1.82) is 0 Å². The monoisotopic (exact) mass is 326 g/mol. The third-order valence-corrected chi connectivity index (χ3v) is 4.45. The van der Waals surface area contributed by atoms with Gasteiger partial charge in [-0.25, -0.2) is 4.98 Å². The number of carbonyl (C=O) groups excluding carboxylic acids is 1. The minimum Gasteiger partial charge on any atom is -0.474 e. The second-order valence-corrected chi connectivity index (χ2v) is 6.22. The van der Waals surface area contributed by atoms with E-state index < -0.39 is 0 Å². The molecule has 24 heavy (non-hydrogen) atoms. The topological polar surface area (TPSA) is 77.4 Å². The SMILES string of the molecule is O=C(c1ccnnc1)N1CC2(C[C@@H](Oc3ccccn3)CCO2)C1. The Morgan fingerprint density at radius 1 is 1.25 bits per heavy atom. The summed E-state index contributed by atoms with van der Waals surface area (Å²) in [6, 6.07) is 7.30. The Bertz CT molecular complexity index is 704. The third-order valence-electron chi connectivity index (χ3n) is 4.45. The van der Waals surface area contributed by atoms with Gasteiger partial charge in [-0.1, -0.05) is 6.07 Å². The minimum absolute atomic E-state index is 0.0353. The van der Waals surface area contributed by atoms with Crippen LogP contribution in [0.4, 0.5) is 0 Å². The number of hydrogen-bond acceptors (Lipinski definition) is 6.